The second-order valence-corrected chi connectivity index (χ2v) is 4.93. The van der Waals surface area contributed by atoms with Gasteiger partial charge in [-0.25, -0.2) is 4.39 Å². The average Bonchev–Trinajstić information content (AvgIpc) is 2.86. The summed E-state index contributed by atoms with van der Waals surface area (Å²) in [5, 5.41) is 2.71. The Morgan fingerprint density at radius 1 is 1.37 bits per heavy atom. The van der Waals surface area contributed by atoms with Crippen LogP contribution in [0.2, 0.25) is 0 Å². The molecule has 0 bridgehead atoms. The van der Waals surface area contributed by atoms with Gasteiger partial charge < -0.3 is 16.0 Å². The number of carbonyl (C=O) groups excluding carboxylic acids is 1. The highest BCUT2D eigenvalue weighted by Gasteiger charge is 2.12. The third-order valence-corrected chi connectivity index (χ3v) is 3.36. The van der Waals surface area contributed by atoms with Crippen LogP contribution in [-0.4, -0.2) is 30.4 Å². The zero-order chi connectivity index (χ0) is 13.7. The highest BCUT2D eigenvalue weighted by atomic mass is 19.1. The summed E-state index contributed by atoms with van der Waals surface area (Å²) in [7, 11) is 0. The number of nitrogen functional groups attached to an aromatic ring is 1. The van der Waals surface area contributed by atoms with Gasteiger partial charge in [0.05, 0.1) is 11.4 Å². The summed E-state index contributed by atoms with van der Waals surface area (Å²) in [6, 6.07) is 3.99. The van der Waals surface area contributed by atoms with Crippen molar-refractivity contribution >= 4 is 17.3 Å². The molecule has 19 heavy (non-hydrogen) atoms. The van der Waals surface area contributed by atoms with E-state index in [0.29, 0.717) is 12.1 Å². The number of nitrogens with two attached hydrogens (primary N) is 1. The Kier molecular flexibility index (Phi) is 4.74. The summed E-state index contributed by atoms with van der Waals surface area (Å²) < 4.78 is 12.9. The van der Waals surface area contributed by atoms with Gasteiger partial charge in [0.2, 0.25) is 5.91 Å². The van der Waals surface area contributed by atoms with Gasteiger partial charge in [0.1, 0.15) is 5.82 Å². The molecule has 5 heteroatoms. The van der Waals surface area contributed by atoms with Crippen LogP contribution in [0, 0.1) is 5.82 Å². The Morgan fingerprint density at radius 2 is 2.11 bits per heavy atom. The van der Waals surface area contributed by atoms with E-state index in [1.165, 1.54) is 31.0 Å². The van der Waals surface area contributed by atoms with Crippen molar-refractivity contribution in [1.82, 2.24) is 4.90 Å². The van der Waals surface area contributed by atoms with Gasteiger partial charge in [0.15, 0.2) is 0 Å². The SMILES string of the molecule is Nc1cc(F)ccc1NC(=O)CCCN1CCCC1. The van der Waals surface area contributed by atoms with Crippen LogP contribution in [0.1, 0.15) is 25.7 Å². The Hall–Kier alpha value is -1.62. The highest BCUT2D eigenvalue weighted by Crippen LogP contribution is 2.19. The maximum Gasteiger partial charge on any atom is 0.224 e. The van der Waals surface area contributed by atoms with Gasteiger partial charge in [-0.3, -0.25) is 4.79 Å². The number of likely N-dealkylation sites (tertiary alicyclic amines) is 1. The number of nitrogens with one attached hydrogen (secondary N) is 1. The van der Waals surface area contributed by atoms with E-state index in [0.717, 1.165) is 26.1 Å². The molecule has 0 atom stereocenters. The minimum absolute atomic E-state index is 0.0718. The number of carbonyl (C=O) groups is 1. The number of hydrogen-bond acceptors (Lipinski definition) is 3. The zero-order valence-corrected chi connectivity index (χ0v) is 11.0. The summed E-state index contributed by atoms with van der Waals surface area (Å²) in [6.07, 6.45) is 3.83. The number of nitrogens with zero attached hydrogens (tertiary/aromatic N) is 1. The van der Waals surface area contributed by atoms with E-state index in [2.05, 4.69) is 10.2 Å². The molecule has 0 aromatic heterocycles. The van der Waals surface area contributed by atoms with E-state index in [1.807, 2.05) is 0 Å². The lowest BCUT2D eigenvalue weighted by molar-refractivity contribution is -0.116. The summed E-state index contributed by atoms with van der Waals surface area (Å²) >= 11 is 0. The van der Waals surface area contributed by atoms with Crippen LogP contribution >= 0.6 is 0 Å². The topological polar surface area (TPSA) is 58.4 Å². The summed E-state index contributed by atoms with van der Waals surface area (Å²) in [5.74, 6) is -0.470. The second kappa shape index (κ2) is 6.52. The Labute approximate surface area is 112 Å². The van der Waals surface area contributed by atoms with Gasteiger partial charge in [-0.05, 0) is 57.1 Å². The van der Waals surface area contributed by atoms with E-state index in [-0.39, 0.29) is 11.6 Å². The second-order valence-electron chi connectivity index (χ2n) is 4.93. The molecule has 2 rings (SSSR count). The third kappa shape index (κ3) is 4.21. The molecule has 4 nitrogen and oxygen atoms in total. The molecule has 1 aromatic rings. The largest absolute Gasteiger partial charge is 0.397 e. The van der Waals surface area contributed by atoms with E-state index in [9.17, 15) is 9.18 Å². The van der Waals surface area contributed by atoms with Gasteiger partial charge in [-0.2, -0.15) is 0 Å². The minimum atomic E-state index is -0.399. The number of benzene rings is 1. The number of rotatable bonds is 5. The molecule has 1 fully saturated rings. The molecular formula is C14H20FN3O. The minimum Gasteiger partial charge on any atom is -0.397 e. The fraction of sp³-hybridized carbons (Fsp3) is 0.500. The van der Waals surface area contributed by atoms with Crippen LogP contribution in [0.25, 0.3) is 0 Å². The fourth-order valence-electron chi connectivity index (χ4n) is 2.33. The highest BCUT2D eigenvalue weighted by molar-refractivity contribution is 5.93. The number of amides is 1. The van der Waals surface area contributed by atoms with Gasteiger partial charge in [0, 0.05) is 6.42 Å². The van der Waals surface area contributed by atoms with Crippen LogP contribution in [0.5, 0.6) is 0 Å². The lowest BCUT2D eigenvalue weighted by Crippen LogP contribution is -2.22. The van der Waals surface area contributed by atoms with Crippen molar-refractivity contribution < 1.29 is 9.18 Å². The Balaban J connectivity index is 1.74. The van der Waals surface area contributed by atoms with E-state index >= 15 is 0 Å². The first kappa shape index (κ1) is 13.8. The predicted octanol–water partition coefficient (Wildman–Crippen LogP) is 2.22. The van der Waals surface area contributed by atoms with Crippen LogP contribution in [0.4, 0.5) is 15.8 Å². The van der Waals surface area contributed by atoms with Crippen molar-refractivity contribution in [1.29, 1.82) is 0 Å². The molecule has 0 spiro atoms. The van der Waals surface area contributed by atoms with Crippen LogP contribution in [0.15, 0.2) is 18.2 Å². The molecule has 3 N–H and O–H groups in total. The van der Waals surface area contributed by atoms with Crippen molar-refractivity contribution in [3.05, 3.63) is 24.0 Å². The quantitative estimate of drug-likeness (QED) is 0.803. The summed E-state index contributed by atoms with van der Waals surface area (Å²) in [4.78, 5) is 14.1. The van der Waals surface area contributed by atoms with E-state index in [1.54, 1.807) is 0 Å². The molecular weight excluding hydrogens is 245 g/mol. The molecule has 0 unspecified atom stereocenters. The first-order valence-corrected chi connectivity index (χ1v) is 6.72. The van der Waals surface area contributed by atoms with E-state index < -0.39 is 5.82 Å². The summed E-state index contributed by atoms with van der Waals surface area (Å²) in [5.41, 5.74) is 6.37. The number of halogens is 1. The number of hydrogen-bond donors (Lipinski definition) is 2. The van der Waals surface area contributed by atoms with Crippen molar-refractivity contribution in [3.8, 4) is 0 Å². The first-order chi connectivity index (χ1) is 9.15. The smallest absolute Gasteiger partial charge is 0.224 e. The molecule has 0 saturated carbocycles. The van der Waals surface area contributed by atoms with Crippen molar-refractivity contribution in [2.75, 3.05) is 30.7 Å². The molecule has 1 aliphatic heterocycles. The first-order valence-electron chi connectivity index (χ1n) is 6.72. The molecule has 0 aliphatic carbocycles. The average molecular weight is 265 g/mol. The zero-order valence-electron chi connectivity index (χ0n) is 11.0. The van der Waals surface area contributed by atoms with Gasteiger partial charge in [-0.1, -0.05) is 0 Å². The van der Waals surface area contributed by atoms with Gasteiger partial charge in [-0.15, -0.1) is 0 Å². The van der Waals surface area contributed by atoms with Gasteiger partial charge >= 0.3 is 0 Å². The normalized spacial score (nSPS) is 15.6. The Morgan fingerprint density at radius 3 is 2.79 bits per heavy atom. The maximum atomic E-state index is 12.9. The molecule has 1 aliphatic rings. The van der Waals surface area contributed by atoms with Crippen molar-refractivity contribution in [2.24, 2.45) is 0 Å². The number of anilines is 2. The Bertz CT molecular complexity index is 444. The van der Waals surface area contributed by atoms with Gasteiger partial charge in [0.25, 0.3) is 0 Å². The fourth-order valence-corrected chi connectivity index (χ4v) is 2.33. The third-order valence-electron chi connectivity index (χ3n) is 3.36. The summed E-state index contributed by atoms with van der Waals surface area (Å²) in [6.45, 7) is 3.26. The predicted molar refractivity (Wildman–Crippen MR) is 74.4 cm³/mol. The lowest BCUT2D eigenvalue weighted by Gasteiger charge is -2.14. The molecule has 1 aromatic carbocycles. The standard InChI is InChI=1S/C14H20FN3O/c15-11-5-6-13(12(16)10-11)17-14(19)4-3-9-18-7-1-2-8-18/h5-6,10H,1-4,7-9,16H2,(H,17,19). The van der Waals surface area contributed by atoms with Crippen LogP contribution in [-0.2, 0) is 4.79 Å². The molecule has 1 amide bonds. The molecule has 104 valence electrons. The van der Waals surface area contributed by atoms with Crippen LogP contribution < -0.4 is 11.1 Å². The monoisotopic (exact) mass is 265 g/mol. The molecule has 0 radical (unpaired) electrons. The van der Waals surface area contributed by atoms with Crippen molar-refractivity contribution in [3.63, 3.8) is 0 Å². The molecule has 1 heterocycles. The maximum absolute atomic E-state index is 12.9. The van der Waals surface area contributed by atoms with E-state index in [4.69, 9.17) is 5.73 Å². The lowest BCUT2D eigenvalue weighted by atomic mass is 10.2. The van der Waals surface area contributed by atoms with Crippen LogP contribution in [0.3, 0.4) is 0 Å². The van der Waals surface area contributed by atoms with Crippen molar-refractivity contribution in [2.45, 2.75) is 25.7 Å². The molecule has 1 saturated heterocycles.